The van der Waals surface area contributed by atoms with Crippen LogP contribution in [0.3, 0.4) is 0 Å². The number of amides is 3. The third-order valence-corrected chi connectivity index (χ3v) is 4.48. The molecule has 0 unspecified atom stereocenters. The number of nitrogens with two attached hydrogens (primary N) is 2. The molecule has 1 heterocycles. The Morgan fingerprint density at radius 1 is 1.08 bits per heavy atom. The van der Waals surface area contributed by atoms with Crippen LogP contribution in [0.15, 0.2) is 59.6 Å². The maximum absolute atomic E-state index is 11.5. The molecule has 3 amide bonds. The summed E-state index contributed by atoms with van der Waals surface area (Å²) in [6.45, 7) is 0. The van der Waals surface area contributed by atoms with E-state index in [1.165, 1.54) is 15.8 Å². The molecule has 8 heteroatoms. The molecule has 5 N–H and O–H groups in total. The topological polar surface area (TPSA) is 116 Å². The first kappa shape index (κ1) is 17.6. The molecule has 0 aliphatic carbocycles. The lowest BCUT2D eigenvalue weighted by atomic mass is 10.1. The van der Waals surface area contributed by atoms with Gasteiger partial charge in [0.2, 0.25) is 0 Å². The molecule has 3 aromatic rings. The third kappa shape index (κ3) is 3.70. The number of hydrogen-bond donors (Lipinski definition) is 3. The lowest BCUT2D eigenvalue weighted by Crippen LogP contribution is -2.22. The zero-order valence-electron chi connectivity index (χ0n) is 14.0. The number of nitrogens with one attached hydrogen (secondary N) is 1. The van der Waals surface area contributed by atoms with Gasteiger partial charge < -0.3 is 16.8 Å². The van der Waals surface area contributed by atoms with Gasteiger partial charge in [-0.3, -0.25) is 4.79 Å². The number of anilines is 1. The molecule has 0 bridgehead atoms. The monoisotopic (exact) mass is 367 g/mol. The first-order valence-corrected chi connectivity index (χ1v) is 8.91. The van der Waals surface area contributed by atoms with Crippen molar-refractivity contribution in [2.24, 2.45) is 11.5 Å². The smallest absolute Gasteiger partial charge is 0.316 e. The first-order chi connectivity index (χ1) is 12.5. The number of urea groups is 1. The Labute approximate surface area is 154 Å². The Morgan fingerprint density at radius 2 is 1.81 bits per heavy atom. The lowest BCUT2D eigenvalue weighted by molar-refractivity contribution is 0.0996. The van der Waals surface area contributed by atoms with Crippen molar-refractivity contribution in [2.75, 3.05) is 11.6 Å². The van der Waals surface area contributed by atoms with Crippen molar-refractivity contribution in [3.05, 3.63) is 60.4 Å². The molecule has 3 rings (SSSR count). The summed E-state index contributed by atoms with van der Waals surface area (Å²) in [6, 6.07) is 15.0. The summed E-state index contributed by atoms with van der Waals surface area (Å²) in [4.78, 5) is 23.8. The second-order valence-corrected chi connectivity index (χ2v) is 6.35. The summed E-state index contributed by atoms with van der Waals surface area (Å²) >= 11 is 1.68. The zero-order chi connectivity index (χ0) is 18.7. The molecule has 26 heavy (non-hydrogen) atoms. The van der Waals surface area contributed by atoms with Crippen molar-refractivity contribution >= 4 is 29.4 Å². The van der Waals surface area contributed by atoms with E-state index in [4.69, 9.17) is 11.5 Å². The van der Waals surface area contributed by atoms with Gasteiger partial charge in [-0.2, -0.15) is 5.10 Å². The molecule has 0 radical (unpaired) electrons. The van der Waals surface area contributed by atoms with Crippen LogP contribution in [0, 0.1) is 0 Å². The number of rotatable bonds is 5. The lowest BCUT2D eigenvalue weighted by Gasteiger charge is -2.06. The van der Waals surface area contributed by atoms with Crippen molar-refractivity contribution in [1.29, 1.82) is 0 Å². The van der Waals surface area contributed by atoms with Gasteiger partial charge in [-0.05, 0) is 41.6 Å². The van der Waals surface area contributed by atoms with E-state index in [1.807, 2.05) is 42.7 Å². The van der Waals surface area contributed by atoms with Gasteiger partial charge in [0.05, 0.1) is 17.6 Å². The number of nitrogens with zero attached hydrogens (tertiary/aromatic N) is 2. The van der Waals surface area contributed by atoms with E-state index in [0.717, 1.165) is 16.8 Å². The van der Waals surface area contributed by atoms with Crippen molar-refractivity contribution in [3.8, 4) is 16.8 Å². The highest BCUT2D eigenvalue weighted by Gasteiger charge is 2.16. The van der Waals surface area contributed by atoms with Crippen LogP contribution < -0.4 is 16.8 Å². The minimum absolute atomic E-state index is 0.0569. The molecule has 1 aromatic heterocycles. The van der Waals surface area contributed by atoms with E-state index in [-0.39, 0.29) is 11.4 Å². The average molecular weight is 367 g/mol. The van der Waals surface area contributed by atoms with Crippen LogP contribution >= 0.6 is 11.8 Å². The first-order valence-electron chi connectivity index (χ1n) is 7.68. The third-order valence-electron chi connectivity index (χ3n) is 3.74. The summed E-state index contributed by atoms with van der Waals surface area (Å²) in [6.07, 6.45) is 3.53. The van der Waals surface area contributed by atoms with Crippen molar-refractivity contribution < 1.29 is 9.59 Å². The molecule has 0 aliphatic rings. The fraction of sp³-hybridized carbons (Fsp3) is 0.0556. The molecule has 0 atom stereocenters. The predicted octanol–water partition coefficient (Wildman–Crippen LogP) is 2.85. The maximum atomic E-state index is 11.5. The number of thioether (sulfide) groups is 1. The Balaban J connectivity index is 1.99. The molecular weight excluding hydrogens is 350 g/mol. The largest absolute Gasteiger partial charge is 0.364 e. The maximum Gasteiger partial charge on any atom is 0.316 e. The van der Waals surface area contributed by atoms with Crippen LogP contribution in [-0.2, 0) is 0 Å². The minimum Gasteiger partial charge on any atom is -0.364 e. The Morgan fingerprint density at radius 3 is 2.42 bits per heavy atom. The average Bonchev–Trinajstić information content (AvgIpc) is 3.05. The second-order valence-electron chi connectivity index (χ2n) is 5.47. The minimum atomic E-state index is -0.797. The number of benzene rings is 2. The van der Waals surface area contributed by atoms with Crippen molar-refractivity contribution in [2.45, 2.75) is 4.90 Å². The van der Waals surface area contributed by atoms with E-state index in [0.29, 0.717) is 0 Å². The van der Waals surface area contributed by atoms with Gasteiger partial charge in [0, 0.05) is 4.90 Å². The van der Waals surface area contributed by atoms with E-state index in [2.05, 4.69) is 22.5 Å². The van der Waals surface area contributed by atoms with Crippen LogP contribution in [0.4, 0.5) is 10.5 Å². The summed E-state index contributed by atoms with van der Waals surface area (Å²) in [5, 5.41) is 6.52. The Hall–Kier alpha value is -3.26. The number of carbonyl (C=O) groups is 2. The van der Waals surface area contributed by atoms with Crippen molar-refractivity contribution in [3.63, 3.8) is 0 Å². The number of aromatic nitrogens is 2. The molecule has 0 spiro atoms. The normalized spacial score (nSPS) is 10.5. The SMILES string of the molecule is CSc1ccc(-c2cccc(-n3cc(NC(N)=O)c(C(N)=O)n3)c2)cc1. The summed E-state index contributed by atoms with van der Waals surface area (Å²) in [5.41, 5.74) is 13.3. The Bertz CT molecular complexity index is 966. The fourth-order valence-corrected chi connectivity index (χ4v) is 2.93. The second kappa shape index (κ2) is 7.32. The molecule has 0 fully saturated rings. The highest BCUT2D eigenvalue weighted by Crippen LogP contribution is 2.25. The van der Waals surface area contributed by atoms with Gasteiger partial charge in [-0.1, -0.05) is 24.3 Å². The molecule has 132 valence electrons. The zero-order valence-corrected chi connectivity index (χ0v) is 14.8. The highest BCUT2D eigenvalue weighted by atomic mass is 32.2. The Kier molecular flexibility index (Phi) is 4.94. The molecule has 2 aromatic carbocycles. The van der Waals surface area contributed by atoms with Crippen LogP contribution in [0.2, 0.25) is 0 Å². The molecule has 7 nitrogen and oxygen atoms in total. The van der Waals surface area contributed by atoms with Gasteiger partial charge in [-0.25, -0.2) is 9.48 Å². The highest BCUT2D eigenvalue weighted by molar-refractivity contribution is 7.98. The van der Waals surface area contributed by atoms with Crippen LogP contribution in [0.5, 0.6) is 0 Å². The van der Waals surface area contributed by atoms with Gasteiger partial charge in [0.1, 0.15) is 0 Å². The van der Waals surface area contributed by atoms with Gasteiger partial charge >= 0.3 is 6.03 Å². The molecule has 0 aliphatic heterocycles. The fourth-order valence-electron chi connectivity index (χ4n) is 2.52. The number of hydrogen-bond acceptors (Lipinski definition) is 4. The van der Waals surface area contributed by atoms with E-state index >= 15 is 0 Å². The number of primary amides is 2. The van der Waals surface area contributed by atoms with E-state index in [9.17, 15) is 9.59 Å². The summed E-state index contributed by atoms with van der Waals surface area (Å²) in [5.74, 6) is -0.753. The molecular formula is C18H17N5O2S. The predicted molar refractivity (Wildman–Crippen MR) is 103 cm³/mol. The van der Waals surface area contributed by atoms with E-state index < -0.39 is 11.9 Å². The van der Waals surface area contributed by atoms with Gasteiger partial charge in [0.15, 0.2) is 5.69 Å². The summed E-state index contributed by atoms with van der Waals surface area (Å²) in [7, 11) is 0. The van der Waals surface area contributed by atoms with Crippen molar-refractivity contribution in [1.82, 2.24) is 9.78 Å². The van der Waals surface area contributed by atoms with Crippen LogP contribution in [0.1, 0.15) is 10.5 Å². The van der Waals surface area contributed by atoms with Gasteiger partial charge in [0.25, 0.3) is 5.91 Å². The number of carbonyl (C=O) groups excluding carboxylic acids is 2. The summed E-state index contributed by atoms with van der Waals surface area (Å²) < 4.78 is 1.48. The van der Waals surface area contributed by atoms with Crippen LogP contribution in [0.25, 0.3) is 16.8 Å². The standard InChI is InChI=1S/C18H17N5O2S/c1-26-14-7-5-11(6-8-14)12-3-2-4-13(9-12)23-10-15(21-18(20)25)16(22-23)17(19)24/h2-10H,1H3,(H2,19,24)(H3,20,21,25). The van der Waals surface area contributed by atoms with Gasteiger partial charge in [-0.15, -0.1) is 11.8 Å². The van der Waals surface area contributed by atoms with E-state index in [1.54, 1.807) is 11.8 Å². The molecule has 0 saturated carbocycles. The molecule has 0 saturated heterocycles. The van der Waals surface area contributed by atoms with Crippen LogP contribution in [-0.4, -0.2) is 28.0 Å². The quantitative estimate of drug-likeness (QED) is 0.601.